The molecule has 2 heterocycles. The first-order valence-electron chi connectivity index (χ1n) is 9.13. The molecule has 2 aromatic carbocycles. The average molecular weight is 458 g/mol. The number of hydrogen-bond acceptors (Lipinski definition) is 5. The van der Waals surface area contributed by atoms with Gasteiger partial charge in [0, 0.05) is 26.2 Å². The number of aromatic nitrogens is 2. The highest BCUT2D eigenvalue weighted by molar-refractivity contribution is 7.89. The Morgan fingerprint density at radius 2 is 1.26 bits per heavy atom. The summed E-state index contributed by atoms with van der Waals surface area (Å²) in [5.74, 6) is -11.3. The number of para-hydroxylation sites is 2. The van der Waals surface area contributed by atoms with Crippen LogP contribution < -0.4 is 4.90 Å². The maximum absolute atomic E-state index is 14.0. The number of benzene rings is 2. The van der Waals surface area contributed by atoms with Gasteiger partial charge in [0.25, 0.3) is 0 Å². The zero-order valence-corrected chi connectivity index (χ0v) is 16.9. The molecule has 0 aliphatic carbocycles. The lowest BCUT2D eigenvalue weighted by atomic mass is 10.2. The SMILES string of the molecule is Cc1nc2ccccc2nc1N1CCN(S(=O)(=O)c2c(F)c(F)c(F)c(F)c2F)CC1. The number of rotatable bonds is 3. The minimum atomic E-state index is -4.96. The van der Waals surface area contributed by atoms with Crippen LogP contribution in [-0.4, -0.2) is 48.9 Å². The molecule has 0 unspecified atom stereocenters. The third-order valence-corrected chi connectivity index (χ3v) is 6.94. The van der Waals surface area contributed by atoms with E-state index < -0.39 is 44.0 Å². The van der Waals surface area contributed by atoms with Crippen molar-refractivity contribution in [3.63, 3.8) is 0 Å². The van der Waals surface area contributed by atoms with Crippen molar-refractivity contribution in [3.05, 3.63) is 59.0 Å². The van der Waals surface area contributed by atoms with Crippen LogP contribution in [0.15, 0.2) is 29.2 Å². The van der Waals surface area contributed by atoms with Crippen LogP contribution in [0.2, 0.25) is 0 Å². The molecular formula is C19H15F5N4O2S. The molecule has 1 saturated heterocycles. The van der Waals surface area contributed by atoms with Crippen molar-refractivity contribution in [1.82, 2.24) is 14.3 Å². The largest absolute Gasteiger partial charge is 0.352 e. The van der Waals surface area contributed by atoms with Crippen molar-refractivity contribution >= 4 is 26.9 Å². The maximum Gasteiger partial charge on any atom is 0.249 e. The normalized spacial score (nSPS) is 15.6. The first-order valence-corrected chi connectivity index (χ1v) is 10.6. The topological polar surface area (TPSA) is 66.4 Å². The molecular weight excluding hydrogens is 443 g/mol. The number of sulfonamides is 1. The van der Waals surface area contributed by atoms with Gasteiger partial charge in [-0.1, -0.05) is 12.1 Å². The summed E-state index contributed by atoms with van der Waals surface area (Å²) in [7, 11) is -4.96. The second-order valence-corrected chi connectivity index (χ2v) is 8.79. The van der Waals surface area contributed by atoms with Crippen LogP contribution in [0.25, 0.3) is 11.0 Å². The number of halogens is 5. The van der Waals surface area contributed by atoms with E-state index in [9.17, 15) is 30.4 Å². The Morgan fingerprint density at radius 1 is 0.774 bits per heavy atom. The fraction of sp³-hybridized carbons (Fsp3) is 0.263. The number of anilines is 1. The van der Waals surface area contributed by atoms with Crippen LogP contribution in [0.4, 0.5) is 27.8 Å². The van der Waals surface area contributed by atoms with Gasteiger partial charge >= 0.3 is 0 Å². The van der Waals surface area contributed by atoms with E-state index in [1.54, 1.807) is 30.0 Å². The molecule has 3 aromatic rings. The standard InChI is InChI=1S/C19H15F5N4O2S/c1-10-19(26-12-5-3-2-4-11(12)25-10)27-6-8-28(9-7-27)31(29,30)18-16(23)14(21)13(20)15(22)17(18)24/h2-5H,6-9H2,1H3. The zero-order chi connectivity index (χ0) is 22.5. The maximum atomic E-state index is 14.0. The minimum absolute atomic E-state index is 0.0858. The lowest BCUT2D eigenvalue weighted by Crippen LogP contribution is -2.49. The second kappa shape index (κ2) is 7.68. The number of aryl methyl sites for hydroxylation is 1. The zero-order valence-electron chi connectivity index (χ0n) is 16.0. The van der Waals surface area contributed by atoms with E-state index in [0.717, 1.165) is 0 Å². The van der Waals surface area contributed by atoms with E-state index in [2.05, 4.69) is 9.97 Å². The van der Waals surface area contributed by atoms with Gasteiger partial charge in [-0.2, -0.15) is 4.31 Å². The Bertz CT molecular complexity index is 1270. The molecule has 0 radical (unpaired) electrons. The van der Waals surface area contributed by atoms with Gasteiger partial charge in [-0.3, -0.25) is 0 Å². The van der Waals surface area contributed by atoms with Gasteiger partial charge in [0.05, 0.1) is 16.7 Å². The molecule has 0 spiro atoms. The quantitative estimate of drug-likeness (QED) is 0.343. The van der Waals surface area contributed by atoms with Crippen LogP contribution >= 0.6 is 0 Å². The number of hydrogen-bond donors (Lipinski definition) is 0. The summed E-state index contributed by atoms with van der Waals surface area (Å²) < 4.78 is 94.4. The predicted octanol–water partition coefficient (Wildman–Crippen LogP) is 3.14. The van der Waals surface area contributed by atoms with Crippen LogP contribution in [-0.2, 0) is 10.0 Å². The van der Waals surface area contributed by atoms with Crippen molar-refractivity contribution in [2.75, 3.05) is 31.1 Å². The summed E-state index contributed by atoms with van der Waals surface area (Å²) in [6.45, 7) is 1.43. The molecule has 12 heteroatoms. The Hall–Kier alpha value is -2.86. The van der Waals surface area contributed by atoms with E-state index in [1.807, 2.05) is 6.07 Å². The highest BCUT2D eigenvalue weighted by Crippen LogP contribution is 2.30. The molecule has 0 amide bonds. The third kappa shape index (κ3) is 3.49. The van der Waals surface area contributed by atoms with Crippen molar-refractivity contribution in [2.24, 2.45) is 0 Å². The van der Waals surface area contributed by atoms with Crippen LogP contribution in [0.1, 0.15) is 5.69 Å². The molecule has 0 saturated carbocycles. The van der Waals surface area contributed by atoms with Gasteiger partial charge in [0.2, 0.25) is 15.8 Å². The van der Waals surface area contributed by atoms with Gasteiger partial charge < -0.3 is 4.90 Å². The third-order valence-electron chi connectivity index (χ3n) is 5.03. The molecule has 1 aliphatic heterocycles. The number of fused-ring (bicyclic) bond motifs is 1. The predicted molar refractivity (Wildman–Crippen MR) is 101 cm³/mol. The molecule has 4 rings (SSSR count). The first kappa shape index (κ1) is 21.4. The molecule has 0 N–H and O–H groups in total. The van der Waals surface area contributed by atoms with E-state index in [0.29, 0.717) is 26.9 Å². The molecule has 6 nitrogen and oxygen atoms in total. The highest BCUT2D eigenvalue weighted by Gasteiger charge is 2.38. The van der Waals surface area contributed by atoms with Crippen LogP contribution in [0.5, 0.6) is 0 Å². The van der Waals surface area contributed by atoms with Gasteiger partial charge in [-0.15, -0.1) is 0 Å². The van der Waals surface area contributed by atoms with Crippen LogP contribution in [0.3, 0.4) is 0 Å². The van der Waals surface area contributed by atoms with Gasteiger partial charge in [-0.25, -0.2) is 40.3 Å². The Kier molecular flexibility index (Phi) is 5.30. The molecule has 31 heavy (non-hydrogen) atoms. The summed E-state index contributed by atoms with van der Waals surface area (Å²) >= 11 is 0. The molecule has 0 atom stereocenters. The van der Waals surface area contributed by atoms with E-state index in [-0.39, 0.29) is 26.2 Å². The van der Waals surface area contributed by atoms with Gasteiger partial charge in [-0.05, 0) is 19.1 Å². The molecule has 1 aromatic heterocycles. The van der Waals surface area contributed by atoms with E-state index in [4.69, 9.17) is 0 Å². The minimum Gasteiger partial charge on any atom is -0.352 e. The summed E-state index contributed by atoms with van der Waals surface area (Å²) in [6, 6.07) is 7.19. The monoisotopic (exact) mass is 458 g/mol. The first-order chi connectivity index (χ1) is 14.6. The van der Waals surface area contributed by atoms with Gasteiger partial charge in [0.15, 0.2) is 34.0 Å². The van der Waals surface area contributed by atoms with Crippen molar-refractivity contribution < 1.29 is 30.4 Å². The lowest BCUT2D eigenvalue weighted by Gasteiger charge is -2.35. The molecule has 164 valence electrons. The Labute approximate surface area is 174 Å². The summed E-state index contributed by atoms with van der Waals surface area (Å²) in [4.78, 5) is 8.90. The van der Waals surface area contributed by atoms with Crippen LogP contribution in [0, 0.1) is 36.0 Å². The summed E-state index contributed by atoms with van der Waals surface area (Å²) in [5.41, 5.74) is 1.94. The van der Waals surface area contributed by atoms with Gasteiger partial charge in [0.1, 0.15) is 0 Å². The lowest BCUT2D eigenvalue weighted by molar-refractivity contribution is 0.344. The van der Waals surface area contributed by atoms with Crippen molar-refractivity contribution in [1.29, 1.82) is 0 Å². The Morgan fingerprint density at radius 3 is 1.81 bits per heavy atom. The summed E-state index contributed by atoms with van der Waals surface area (Å²) in [6.07, 6.45) is 0. The molecule has 1 fully saturated rings. The molecule has 0 bridgehead atoms. The van der Waals surface area contributed by atoms with Crippen molar-refractivity contribution in [2.45, 2.75) is 11.8 Å². The summed E-state index contributed by atoms with van der Waals surface area (Å²) in [5, 5.41) is 0. The fourth-order valence-electron chi connectivity index (χ4n) is 3.46. The molecule has 1 aliphatic rings. The van der Waals surface area contributed by atoms with E-state index >= 15 is 0 Å². The number of nitrogens with zero attached hydrogens (tertiary/aromatic N) is 4. The van der Waals surface area contributed by atoms with Crippen molar-refractivity contribution in [3.8, 4) is 0 Å². The van der Waals surface area contributed by atoms with E-state index in [1.165, 1.54) is 0 Å². The average Bonchev–Trinajstić information content (AvgIpc) is 2.76. The highest BCUT2D eigenvalue weighted by atomic mass is 32.2. The second-order valence-electron chi connectivity index (χ2n) is 6.91. The number of piperazine rings is 1. The smallest absolute Gasteiger partial charge is 0.249 e. The Balaban J connectivity index is 1.62. The fourth-order valence-corrected chi connectivity index (χ4v) is 4.99.